The van der Waals surface area contributed by atoms with E-state index in [1.54, 1.807) is 7.11 Å². The number of para-hydroxylation sites is 2. The third kappa shape index (κ3) is 5.89. The highest BCUT2D eigenvalue weighted by molar-refractivity contribution is 5.98. The predicted octanol–water partition coefficient (Wildman–Crippen LogP) is 4.25. The molecule has 7 heteroatoms. The van der Waals surface area contributed by atoms with Crippen molar-refractivity contribution in [1.82, 2.24) is 4.90 Å². The van der Waals surface area contributed by atoms with Crippen LogP contribution in [0.3, 0.4) is 0 Å². The SMILES string of the molecule is COc1ccccc1OCCCCOc1ccc2c(c1)CN(C1CCCC1)C2=O.O=C=O. The Kier molecular flexibility index (Phi) is 8.70. The predicted molar refractivity (Wildman–Crippen MR) is 117 cm³/mol. The number of amides is 1. The fraction of sp³-hybridized carbons (Fsp3) is 0.440. The van der Waals surface area contributed by atoms with Gasteiger partial charge in [0.15, 0.2) is 11.5 Å². The topological polar surface area (TPSA) is 82.1 Å². The van der Waals surface area contributed by atoms with Crippen LogP contribution in [0.2, 0.25) is 0 Å². The number of hydrogen-bond donors (Lipinski definition) is 0. The molecule has 0 unspecified atom stereocenters. The molecule has 2 aromatic carbocycles. The molecule has 32 heavy (non-hydrogen) atoms. The first kappa shape index (κ1) is 23.4. The zero-order valence-corrected chi connectivity index (χ0v) is 18.4. The molecule has 0 bridgehead atoms. The number of unbranched alkanes of at least 4 members (excludes halogenated alkanes) is 1. The van der Waals surface area contributed by atoms with Crippen LogP contribution in [0.5, 0.6) is 17.2 Å². The molecule has 1 heterocycles. The van der Waals surface area contributed by atoms with E-state index in [9.17, 15) is 4.79 Å². The van der Waals surface area contributed by atoms with Crippen molar-refractivity contribution in [1.29, 1.82) is 0 Å². The molecule has 0 aromatic heterocycles. The third-order valence-electron chi connectivity index (χ3n) is 5.81. The maximum atomic E-state index is 12.7. The van der Waals surface area contributed by atoms with Gasteiger partial charge in [0.2, 0.25) is 0 Å². The number of hydrogen-bond acceptors (Lipinski definition) is 6. The molecule has 1 fully saturated rings. The number of nitrogens with zero attached hydrogens (tertiary/aromatic N) is 1. The second kappa shape index (κ2) is 11.9. The molecule has 0 N–H and O–H groups in total. The Bertz CT molecular complexity index is 932. The van der Waals surface area contributed by atoms with Crippen LogP contribution in [0.15, 0.2) is 42.5 Å². The second-order valence-electron chi connectivity index (χ2n) is 7.83. The van der Waals surface area contributed by atoms with Crippen molar-refractivity contribution < 1.29 is 28.6 Å². The minimum absolute atomic E-state index is 0.187. The highest BCUT2D eigenvalue weighted by Crippen LogP contribution is 2.33. The lowest BCUT2D eigenvalue weighted by Crippen LogP contribution is -2.33. The lowest BCUT2D eigenvalue weighted by atomic mass is 10.1. The Hall–Kier alpha value is -3.31. The van der Waals surface area contributed by atoms with Crippen LogP contribution in [0.1, 0.15) is 54.4 Å². The molecular weight excluding hydrogens is 410 g/mol. The van der Waals surface area contributed by atoms with Crippen molar-refractivity contribution in [2.24, 2.45) is 0 Å². The van der Waals surface area contributed by atoms with Gasteiger partial charge in [-0.3, -0.25) is 4.79 Å². The Morgan fingerprint density at radius 1 is 0.969 bits per heavy atom. The Morgan fingerprint density at radius 2 is 1.62 bits per heavy atom. The summed E-state index contributed by atoms with van der Waals surface area (Å²) < 4.78 is 17.0. The molecule has 1 aliphatic carbocycles. The van der Waals surface area contributed by atoms with E-state index in [1.807, 2.05) is 42.5 Å². The molecule has 1 amide bonds. The van der Waals surface area contributed by atoms with E-state index in [2.05, 4.69) is 4.90 Å². The first-order valence-corrected chi connectivity index (χ1v) is 11.0. The number of rotatable bonds is 9. The molecule has 7 nitrogen and oxygen atoms in total. The summed E-state index contributed by atoms with van der Waals surface area (Å²) in [6.45, 7) is 1.98. The highest BCUT2D eigenvalue weighted by atomic mass is 16.5. The van der Waals surface area contributed by atoms with Gasteiger partial charge in [-0.25, -0.2) is 0 Å². The van der Waals surface area contributed by atoms with E-state index in [1.165, 1.54) is 12.8 Å². The molecule has 0 spiro atoms. The van der Waals surface area contributed by atoms with Gasteiger partial charge in [0.1, 0.15) is 5.75 Å². The molecular formula is C25H29NO6. The number of methoxy groups -OCH3 is 1. The molecule has 170 valence electrons. The highest BCUT2D eigenvalue weighted by Gasteiger charge is 2.34. The van der Waals surface area contributed by atoms with Crippen LogP contribution >= 0.6 is 0 Å². The van der Waals surface area contributed by atoms with Gasteiger partial charge in [-0.05, 0) is 61.6 Å². The summed E-state index contributed by atoms with van der Waals surface area (Å²) in [6.07, 6.45) is 6.80. The number of fused-ring (bicyclic) bond motifs is 1. The normalized spacial score (nSPS) is 14.9. The largest absolute Gasteiger partial charge is 0.494 e. The van der Waals surface area contributed by atoms with Crippen LogP contribution < -0.4 is 14.2 Å². The van der Waals surface area contributed by atoms with Crippen molar-refractivity contribution in [2.75, 3.05) is 20.3 Å². The third-order valence-corrected chi connectivity index (χ3v) is 5.81. The van der Waals surface area contributed by atoms with Gasteiger partial charge < -0.3 is 19.1 Å². The summed E-state index contributed by atoms with van der Waals surface area (Å²) in [7, 11) is 1.65. The summed E-state index contributed by atoms with van der Waals surface area (Å²) in [4.78, 5) is 31.0. The zero-order valence-electron chi connectivity index (χ0n) is 18.4. The average molecular weight is 440 g/mol. The summed E-state index contributed by atoms with van der Waals surface area (Å²) in [5.41, 5.74) is 1.94. The minimum atomic E-state index is 0.187. The Balaban J connectivity index is 0.000000913. The van der Waals surface area contributed by atoms with Crippen LogP contribution in [-0.4, -0.2) is 43.3 Å². The van der Waals surface area contributed by atoms with Gasteiger partial charge in [-0.2, -0.15) is 9.59 Å². The lowest BCUT2D eigenvalue weighted by molar-refractivity contribution is -0.191. The maximum absolute atomic E-state index is 12.7. The molecule has 1 saturated carbocycles. The van der Waals surface area contributed by atoms with Crippen molar-refractivity contribution in [3.05, 3.63) is 53.6 Å². The quantitative estimate of drug-likeness (QED) is 0.544. The molecule has 0 saturated heterocycles. The van der Waals surface area contributed by atoms with E-state index in [0.29, 0.717) is 19.3 Å². The van der Waals surface area contributed by atoms with Gasteiger partial charge >= 0.3 is 6.15 Å². The molecule has 1 aliphatic heterocycles. The van der Waals surface area contributed by atoms with Gasteiger partial charge in [0.05, 0.1) is 20.3 Å². The standard InChI is InChI=1S/C24H29NO4.CO2/c1-27-22-10-4-5-11-23(22)29-15-7-6-14-28-20-12-13-21-18(16-20)17-25(24(21)26)19-8-2-3-9-19;2-1-3/h4-5,10-13,16,19H,2-3,6-9,14-15,17H2,1H3;. The van der Waals surface area contributed by atoms with Crippen molar-refractivity contribution in [2.45, 2.75) is 51.1 Å². The van der Waals surface area contributed by atoms with Crippen LogP contribution in [0.4, 0.5) is 0 Å². The zero-order chi connectivity index (χ0) is 22.8. The first-order chi connectivity index (χ1) is 15.7. The van der Waals surface area contributed by atoms with E-state index in [0.717, 1.165) is 60.6 Å². The lowest BCUT2D eigenvalue weighted by Gasteiger charge is -2.23. The van der Waals surface area contributed by atoms with E-state index < -0.39 is 0 Å². The number of benzene rings is 2. The van der Waals surface area contributed by atoms with E-state index in [4.69, 9.17) is 23.8 Å². The van der Waals surface area contributed by atoms with E-state index in [-0.39, 0.29) is 12.1 Å². The van der Waals surface area contributed by atoms with Gasteiger partial charge in [-0.1, -0.05) is 25.0 Å². The number of carbonyl (C=O) groups excluding carboxylic acids is 3. The van der Waals surface area contributed by atoms with Crippen molar-refractivity contribution in [3.63, 3.8) is 0 Å². The first-order valence-electron chi connectivity index (χ1n) is 11.0. The van der Waals surface area contributed by atoms with Crippen LogP contribution in [0.25, 0.3) is 0 Å². The summed E-state index contributed by atoms with van der Waals surface area (Å²) >= 11 is 0. The summed E-state index contributed by atoms with van der Waals surface area (Å²) in [6, 6.07) is 14.0. The molecule has 0 atom stereocenters. The Labute approximate surface area is 188 Å². The molecule has 4 rings (SSSR count). The van der Waals surface area contributed by atoms with Crippen molar-refractivity contribution >= 4 is 12.1 Å². The van der Waals surface area contributed by atoms with Crippen molar-refractivity contribution in [3.8, 4) is 17.2 Å². The molecule has 2 aromatic rings. The summed E-state index contributed by atoms with van der Waals surface area (Å²) in [5, 5.41) is 0. The van der Waals surface area contributed by atoms with E-state index >= 15 is 0 Å². The maximum Gasteiger partial charge on any atom is 0.373 e. The fourth-order valence-corrected chi connectivity index (χ4v) is 4.23. The Morgan fingerprint density at radius 3 is 2.31 bits per heavy atom. The second-order valence-corrected chi connectivity index (χ2v) is 7.83. The number of carbonyl (C=O) groups is 1. The van der Waals surface area contributed by atoms with Gasteiger partial charge in [0.25, 0.3) is 5.91 Å². The van der Waals surface area contributed by atoms with Crippen LogP contribution in [0, 0.1) is 0 Å². The van der Waals surface area contributed by atoms with Crippen LogP contribution in [-0.2, 0) is 16.1 Å². The number of ether oxygens (including phenoxy) is 3. The smallest absolute Gasteiger partial charge is 0.373 e. The molecule has 2 aliphatic rings. The monoisotopic (exact) mass is 439 g/mol. The van der Waals surface area contributed by atoms with Gasteiger partial charge in [-0.15, -0.1) is 0 Å². The fourth-order valence-electron chi connectivity index (χ4n) is 4.23. The molecule has 0 radical (unpaired) electrons. The van der Waals surface area contributed by atoms with Gasteiger partial charge in [0, 0.05) is 18.2 Å². The average Bonchev–Trinajstić information content (AvgIpc) is 3.45. The summed E-state index contributed by atoms with van der Waals surface area (Å²) in [5.74, 6) is 2.55. The minimum Gasteiger partial charge on any atom is -0.494 e.